The fraction of sp³-hybridized carbons (Fsp3) is 0.200. The highest BCUT2D eigenvalue weighted by Gasteiger charge is 2.22. The maximum atomic E-state index is 4.70. The monoisotopic (exact) mass is 408 g/mol. The molecule has 0 bridgehead atoms. The predicted octanol–water partition coefficient (Wildman–Crippen LogP) is 3.85. The third kappa shape index (κ3) is 4.38. The van der Waals surface area contributed by atoms with Gasteiger partial charge in [0, 0.05) is 56.1 Å². The molecule has 0 amide bonds. The van der Waals surface area contributed by atoms with E-state index < -0.39 is 0 Å². The molecule has 1 saturated heterocycles. The molecular formula is C25H24N6. The van der Waals surface area contributed by atoms with Crippen LogP contribution in [0.4, 0.5) is 11.8 Å². The van der Waals surface area contributed by atoms with E-state index in [0.29, 0.717) is 0 Å². The van der Waals surface area contributed by atoms with Crippen molar-refractivity contribution in [3.05, 3.63) is 96.3 Å². The van der Waals surface area contributed by atoms with Gasteiger partial charge in [-0.2, -0.15) is 0 Å². The normalized spacial score (nSPS) is 13.9. The van der Waals surface area contributed by atoms with E-state index in [4.69, 9.17) is 5.10 Å². The van der Waals surface area contributed by atoms with Crippen LogP contribution in [0, 0.1) is 0 Å². The Morgan fingerprint density at radius 1 is 0.677 bits per heavy atom. The number of anilines is 2. The van der Waals surface area contributed by atoms with E-state index in [9.17, 15) is 0 Å². The molecule has 31 heavy (non-hydrogen) atoms. The average Bonchev–Trinajstić information content (AvgIpc) is 2.86. The second-order valence-electron chi connectivity index (χ2n) is 7.63. The zero-order valence-corrected chi connectivity index (χ0v) is 17.3. The van der Waals surface area contributed by atoms with E-state index in [1.807, 2.05) is 24.3 Å². The summed E-state index contributed by atoms with van der Waals surface area (Å²) < 4.78 is 0. The minimum atomic E-state index is 0.789. The van der Waals surface area contributed by atoms with E-state index in [1.165, 1.54) is 11.1 Å². The van der Waals surface area contributed by atoms with Crippen molar-refractivity contribution in [2.75, 3.05) is 36.0 Å². The summed E-state index contributed by atoms with van der Waals surface area (Å²) in [6, 6.07) is 24.8. The SMILES string of the molecule is c1ccc(Cc2cc(-c3ccccc3)nnc2N2CCN(c3ncccn3)CC2)cc1. The third-order valence-corrected chi connectivity index (χ3v) is 5.57. The fourth-order valence-electron chi connectivity index (χ4n) is 3.96. The van der Waals surface area contributed by atoms with Gasteiger partial charge in [0.1, 0.15) is 0 Å². The first-order valence-electron chi connectivity index (χ1n) is 10.6. The number of rotatable bonds is 5. The van der Waals surface area contributed by atoms with Gasteiger partial charge in [0.2, 0.25) is 5.95 Å². The number of aromatic nitrogens is 4. The lowest BCUT2D eigenvalue weighted by molar-refractivity contribution is 0.629. The molecule has 0 radical (unpaired) electrons. The molecule has 1 fully saturated rings. The van der Waals surface area contributed by atoms with Crippen LogP contribution < -0.4 is 9.80 Å². The lowest BCUT2D eigenvalue weighted by Crippen LogP contribution is -2.47. The topological polar surface area (TPSA) is 58.0 Å². The van der Waals surface area contributed by atoms with Gasteiger partial charge in [0.25, 0.3) is 0 Å². The zero-order chi connectivity index (χ0) is 20.9. The molecular weight excluding hydrogens is 384 g/mol. The van der Waals surface area contributed by atoms with Crippen LogP contribution in [0.2, 0.25) is 0 Å². The summed E-state index contributed by atoms with van der Waals surface area (Å²) >= 11 is 0. The molecule has 1 aliphatic rings. The van der Waals surface area contributed by atoms with Crippen molar-refractivity contribution in [3.63, 3.8) is 0 Å². The van der Waals surface area contributed by atoms with E-state index in [-0.39, 0.29) is 0 Å². The first kappa shape index (κ1) is 19.2. The minimum absolute atomic E-state index is 0.789. The van der Waals surface area contributed by atoms with Gasteiger partial charge in [0.15, 0.2) is 5.82 Å². The van der Waals surface area contributed by atoms with E-state index in [0.717, 1.165) is 55.6 Å². The summed E-state index contributed by atoms with van der Waals surface area (Å²) in [5, 5.41) is 9.27. The third-order valence-electron chi connectivity index (χ3n) is 5.57. The van der Waals surface area contributed by atoms with Crippen molar-refractivity contribution in [2.45, 2.75) is 6.42 Å². The molecule has 0 N–H and O–H groups in total. The number of benzene rings is 2. The van der Waals surface area contributed by atoms with Crippen LogP contribution in [0.15, 0.2) is 85.2 Å². The Hall–Kier alpha value is -3.80. The maximum Gasteiger partial charge on any atom is 0.225 e. The van der Waals surface area contributed by atoms with Gasteiger partial charge >= 0.3 is 0 Å². The quantitative estimate of drug-likeness (QED) is 0.500. The molecule has 154 valence electrons. The number of nitrogens with zero attached hydrogens (tertiary/aromatic N) is 6. The van der Waals surface area contributed by atoms with Gasteiger partial charge in [-0.05, 0) is 17.7 Å². The first-order chi connectivity index (χ1) is 15.4. The van der Waals surface area contributed by atoms with Crippen molar-refractivity contribution in [2.24, 2.45) is 0 Å². The first-order valence-corrected chi connectivity index (χ1v) is 10.6. The van der Waals surface area contributed by atoms with Crippen molar-refractivity contribution >= 4 is 11.8 Å². The van der Waals surface area contributed by atoms with Gasteiger partial charge in [-0.15, -0.1) is 10.2 Å². The Morgan fingerprint density at radius 3 is 2.03 bits per heavy atom. The van der Waals surface area contributed by atoms with Crippen LogP contribution in [0.3, 0.4) is 0 Å². The molecule has 3 heterocycles. The van der Waals surface area contributed by atoms with Crippen molar-refractivity contribution in [1.82, 2.24) is 20.2 Å². The Morgan fingerprint density at radius 2 is 1.32 bits per heavy atom. The second kappa shape index (κ2) is 8.92. The van der Waals surface area contributed by atoms with E-state index >= 15 is 0 Å². The van der Waals surface area contributed by atoms with Crippen LogP contribution >= 0.6 is 0 Å². The summed E-state index contributed by atoms with van der Waals surface area (Å²) in [6.07, 6.45) is 4.41. The van der Waals surface area contributed by atoms with Gasteiger partial charge in [-0.1, -0.05) is 60.7 Å². The van der Waals surface area contributed by atoms with Crippen LogP contribution in [-0.4, -0.2) is 46.3 Å². The lowest BCUT2D eigenvalue weighted by Gasteiger charge is -2.36. The predicted molar refractivity (Wildman–Crippen MR) is 123 cm³/mol. The molecule has 4 aromatic rings. The minimum Gasteiger partial charge on any atom is -0.351 e. The van der Waals surface area contributed by atoms with Gasteiger partial charge in [-0.3, -0.25) is 0 Å². The summed E-state index contributed by atoms with van der Waals surface area (Å²) in [7, 11) is 0. The molecule has 5 rings (SSSR count). The molecule has 0 spiro atoms. The second-order valence-corrected chi connectivity index (χ2v) is 7.63. The van der Waals surface area contributed by atoms with Crippen molar-refractivity contribution < 1.29 is 0 Å². The van der Waals surface area contributed by atoms with Crippen LogP contribution in [-0.2, 0) is 6.42 Å². The highest BCUT2D eigenvalue weighted by atomic mass is 15.3. The Kier molecular flexibility index (Phi) is 5.52. The van der Waals surface area contributed by atoms with Gasteiger partial charge in [0.05, 0.1) is 5.69 Å². The Bertz CT molecular complexity index is 1110. The summed E-state index contributed by atoms with van der Waals surface area (Å²) in [6.45, 7) is 3.44. The molecule has 0 saturated carbocycles. The molecule has 0 unspecified atom stereocenters. The molecule has 0 aliphatic carbocycles. The van der Waals surface area contributed by atoms with Crippen LogP contribution in [0.25, 0.3) is 11.3 Å². The number of hydrogen-bond acceptors (Lipinski definition) is 6. The van der Waals surface area contributed by atoms with Gasteiger partial charge in [-0.25, -0.2) is 9.97 Å². The molecule has 6 heteroatoms. The van der Waals surface area contributed by atoms with Crippen LogP contribution in [0.5, 0.6) is 0 Å². The largest absolute Gasteiger partial charge is 0.351 e. The fourth-order valence-corrected chi connectivity index (χ4v) is 3.96. The summed E-state index contributed by atoms with van der Waals surface area (Å²) in [4.78, 5) is 13.3. The van der Waals surface area contributed by atoms with Gasteiger partial charge < -0.3 is 9.80 Å². The van der Waals surface area contributed by atoms with E-state index in [2.05, 4.69) is 73.4 Å². The molecule has 2 aromatic heterocycles. The summed E-state index contributed by atoms with van der Waals surface area (Å²) in [5.74, 6) is 1.76. The summed E-state index contributed by atoms with van der Waals surface area (Å²) in [5.41, 5.74) is 4.46. The molecule has 6 nitrogen and oxygen atoms in total. The van der Waals surface area contributed by atoms with Crippen molar-refractivity contribution in [1.29, 1.82) is 0 Å². The average molecular weight is 409 g/mol. The number of hydrogen-bond donors (Lipinski definition) is 0. The van der Waals surface area contributed by atoms with Crippen molar-refractivity contribution in [3.8, 4) is 11.3 Å². The lowest BCUT2D eigenvalue weighted by atomic mass is 10.0. The highest BCUT2D eigenvalue weighted by molar-refractivity contribution is 5.63. The smallest absolute Gasteiger partial charge is 0.225 e. The molecule has 0 atom stereocenters. The zero-order valence-electron chi connectivity index (χ0n) is 17.3. The standard InChI is InChI=1S/C25H24N6/c1-3-8-20(9-4-1)18-22-19-23(21-10-5-2-6-11-21)28-29-24(22)30-14-16-31(17-15-30)25-26-12-7-13-27-25/h1-13,19H,14-18H2. The maximum absolute atomic E-state index is 4.70. The Labute approximate surface area is 182 Å². The van der Waals surface area contributed by atoms with Crippen LogP contribution in [0.1, 0.15) is 11.1 Å². The molecule has 1 aliphatic heterocycles. The molecule has 2 aromatic carbocycles. The van der Waals surface area contributed by atoms with E-state index in [1.54, 1.807) is 12.4 Å². The number of piperazine rings is 1. The Balaban J connectivity index is 1.42. The highest BCUT2D eigenvalue weighted by Crippen LogP contribution is 2.26.